The molecule has 0 amide bonds. The molecule has 1 aromatic heterocycles. The summed E-state index contributed by atoms with van der Waals surface area (Å²) in [7, 11) is 4.08. The molecular formula is C14H26N4. The lowest BCUT2D eigenvalue weighted by atomic mass is 9.90. The fraction of sp³-hybridized carbons (Fsp3) is 0.786. The Kier molecular flexibility index (Phi) is 4.78. The van der Waals surface area contributed by atoms with Gasteiger partial charge in [0.1, 0.15) is 0 Å². The van der Waals surface area contributed by atoms with Crippen LogP contribution in [-0.4, -0.2) is 47.4 Å². The summed E-state index contributed by atoms with van der Waals surface area (Å²) in [5.41, 5.74) is 1.35. The van der Waals surface area contributed by atoms with E-state index in [2.05, 4.69) is 35.5 Å². The van der Waals surface area contributed by atoms with Crippen LogP contribution in [0.1, 0.15) is 25.3 Å². The van der Waals surface area contributed by atoms with Gasteiger partial charge >= 0.3 is 0 Å². The van der Waals surface area contributed by atoms with E-state index < -0.39 is 0 Å². The van der Waals surface area contributed by atoms with Gasteiger partial charge in [0.25, 0.3) is 0 Å². The van der Waals surface area contributed by atoms with E-state index in [0.717, 1.165) is 12.3 Å². The van der Waals surface area contributed by atoms with Gasteiger partial charge in [-0.1, -0.05) is 13.3 Å². The van der Waals surface area contributed by atoms with E-state index in [1.165, 1.54) is 38.0 Å². The third-order valence-corrected chi connectivity index (χ3v) is 4.19. The highest BCUT2D eigenvalue weighted by atomic mass is 15.2. The Hall–Kier alpha value is -0.870. The molecule has 2 unspecified atom stereocenters. The van der Waals surface area contributed by atoms with Crippen molar-refractivity contribution in [1.29, 1.82) is 0 Å². The van der Waals surface area contributed by atoms with Crippen molar-refractivity contribution in [2.75, 3.05) is 26.7 Å². The summed E-state index contributed by atoms with van der Waals surface area (Å²) in [6.07, 6.45) is 7.78. The van der Waals surface area contributed by atoms with Crippen LogP contribution >= 0.6 is 0 Å². The van der Waals surface area contributed by atoms with Crippen molar-refractivity contribution in [1.82, 2.24) is 20.0 Å². The smallest absolute Gasteiger partial charge is 0.0522 e. The molecule has 1 N–H and O–H groups in total. The summed E-state index contributed by atoms with van der Waals surface area (Å²) in [5.74, 6) is 0.803. The van der Waals surface area contributed by atoms with Gasteiger partial charge < -0.3 is 10.2 Å². The van der Waals surface area contributed by atoms with E-state index in [4.69, 9.17) is 0 Å². The minimum Gasteiger partial charge on any atom is -0.317 e. The molecule has 1 fully saturated rings. The van der Waals surface area contributed by atoms with Gasteiger partial charge in [0.05, 0.1) is 6.20 Å². The number of aryl methyl sites for hydroxylation is 1. The normalized spacial score (nSPS) is 25.5. The first-order valence-electron chi connectivity index (χ1n) is 7.10. The topological polar surface area (TPSA) is 33.1 Å². The van der Waals surface area contributed by atoms with Crippen molar-refractivity contribution in [3.8, 4) is 0 Å². The van der Waals surface area contributed by atoms with Crippen LogP contribution in [0.2, 0.25) is 0 Å². The Bertz CT molecular complexity index is 360. The molecule has 0 radical (unpaired) electrons. The van der Waals surface area contributed by atoms with E-state index in [-0.39, 0.29) is 0 Å². The van der Waals surface area contributed by atoms with E-state index in [9.17, 15) is 0 Å². The van der Waals surface area contributed by atoms with Crippen molar-refractivity contribution in [3.05, 3.63) is 18.0 Å². The van der Waals surface area contributed by atoms with E-state index in [1.807, 2.05) is 17.9 Å². The lowest BCUT2D eigenvalue weighted by Gasteiger charge is -2.38. The number of nitrogens with one attached hydrogen (secondary N) is 1. The predicted octanol–water partition coefficient (Wildman–Crippen LogP) is 1.28. The second kappa shape index (κ2) is 6.34. The third kappa shape index (κ3) is 3.33. The first-order valence-corrected chi connectivity index (χ1v) is 7.10. The summed E-state index contributed by atoms with van der Waals surface area (Å²) < 4.78 is 1.89. The van der Waals surface area contributed by atoms with E-state index in [1.54, 1.807) is 0 Å². The lowest BCUT2D eigenvalue weighted by molar-refractivity contribution is 0.140. The SMILES string of the molecule is CCC1CN(CCc2cnn(C)c2)CCC1NC. The number of nitrogens with zero attached hydrogens (tertiary/aromatic N) is 3. The Morgan fingerprint density at radius 3 is 2.94 bits per heavy atom. The summed E-state index contributed by atoms with van der Waals surface area (Å²) in [6.45, 7) is 5.93. The zero-order valence-electron chi connectivity index (χ0n) is 11.9. The minimum atomic E-state index is 0.713. The van der Waals surface area contributed by atoms with Gasteiger partial charge in [-0.2, -0.15) is 5.10 Å². The van der Waals surface area contributed by atoms with Crippen molar-refractivity contribution in [2.45, 2.75) is 32.2 Å². The van der Waals surface area contributed by atoms with Gasteiger partial charge in [-0.15, -0.1) is 0 Å². The van der Waals surface area contributed by atoms with Crippen molar-refractivity contribution in [3.63, 3.8) is 0 Å². The average Bonchev–Trinajstić information content (AvgIpc) is 2.81. The average molecular weight is 250 g/mol. The Labute approximate surface area is 110 Å². The van der Waals surface area contributed by atoms with Gasteiger partial charge in [0.15, 0.2) is 0 Å². The summed E-state index contributed by atoms with van der Waals surface area (Å²) in [5, 5.41) is 7.69. The largest absolute Gasteiger partial charge is 0.317 e. The zero-order chi connectivity index (χ0) is 13.0. The summed E-state index contributed by atoms with van der Waals surface area (Å²) in [4.78, 5) is 2.61. The predicted molar refractivity (Wildman–Crippen MR) is 74.6 cm³/mol. The molecule has 1 saturated heterocycles. The molecule has 1 aliphatic heterocycles. The number of likely N-dealkylation sites (tertiary alicyclic amines) is 1. The molecule has 0 bridgehead atoms. The second-order valence-corrected chi connectivity index (χ2v) is 5.43. The Morgan fingerprint density at radius 1 is 1.50 bits per heavy atom. The van der Waals surface area contributed by atoms with Crippen molar-refractivity contribution < 1.29 is 0 Å². The molecule has 4 heteroatoms. The fourth-order valence-electron chi connectivity index (χ4n) is 2.99. The molecule has 2 heterocycles. The molecule has 18 heavy (non-hydrogen) atoms. The third-order valence-electron chi connectivity index (χ3n) is 4.19. The molecular weight excluding hydrogens is 224 g/mol. The summed E-state index contributed by atoms with van der Waals surface area (Å²) in [6, 6.07) is 0.713. The molecule has 1 aromatic rings. The molecule has 0 aliphatic carbocycles. The molecule has 0 saturated carbocycles. The van der Waals surface area contributed by atoms with Gasteiger partial charge in [-0.3, -0.25) is 4.68 Å². The molecule has 0 spiro atoms. The first kappa shape index (κ1) is 13.6. The Balaban J connectivity index is 1.80. The van der Waals surface area contributed by atoms with Crippen molar-refractivity contribution in [2.24, 2.45) is 13.0 Å². The fourth-order valence-corrected chi connectivity index (χ4v) is 2.99. The molecule has 2 rings (SSSR count). The van der Waals surface area contributed by atoms with Gasteiger partial charge in [-0.25, -0.2) is 0 Å². The monoisotopic (exact) mass is 250 g/mol. The molecule has 2 atom stereocenters. The maximum Gasteiger partial charge on any atom is 0.0522 e. The highest BCUT2D eigenvalue weighted by molar-refractivity contribution is 5.04. The standard InChI is InChI=1S/C14H26N4/c1-4-13-11-18(8-6-14(13)15-2)7-5-12-9-16-17(3)10-12/h9-10,13-15H,4-8,11H2,1-3H3. The molecule has 102 valence electrons. The summed E-state index contributed by atoms with van der Waals surface area (Å²) >= 11 is 0. The van der Waals surface area contributed by atoms with E-state index >= 15 is 0 Å². The highest BCUT2D eigenvalue weighted by Gasteiger charge is 2.26. The van der Waals surface area contributed by atoms with Crippen LogP contribution in [0.4, 0.5) is 0 Å². The van der Waals surface area contributed by atoms with Crippen LogP contribution < -0.4 is 5.32 Å². The van der Waals surface area contributed by atoms with Crippen molar-refractivity contribution >= 4 is 0 Å². The van der Waals surface area contributed by atoms with Crippen LogP contribution in [-0.2, 0) is 13.5 Å². The maximum atomic E-state index is 4.22. The molecule has 0 aromatic carbocycles. The van der Waals surface area contributed by atoms with E-state index in [0.29, 0.717) is 6.04 Å². The first-order chi connectivity index (χ1) is 8.72. The molecule has 1 aliphatic rings. The lowest BCUT2D eigenvalue weighted by Crippen LogP contribution is -2.48. The van der Waals surface area contributed by atoms with Gasteiger partial charge in [-0.05, 0) is 37.9 Å². The van der Waals surface area contributed by atoms with Crippen LogP contribution in [0.15, 0.2) is 12.4 Å². The number of aromatic nitrogens is 2. The number of rotatable bonds is 5. The van der Waals surface area contributed by atoms with Crippen LogP contribution in [0, 0.1) is 5.92 Å². The zero-order valence-corrected chi connectivity index (χ0v) is 11.9. The quantitative estimate of drug-likeness (QED) is 0.854. The second-order valence-electron chi connectivity index (χ2n) is 5.43. The number of piperidine rings is 1. The van der Waals surface area contributed by atoms with Crippen LogP contribution in [0.3, 0.4) is 0 Å². The highest BCUT2D eigenvalue weighted by Crippen LogP contribution is 2.20. The molecule has 4 nitrogen and oxygen atoms in total. The maximum absolute atomic E-state index is 4.22. The van der Waals surface area contributed by atoms with Crippen LogP contribution in [0.25, 0.3) is 0 Å². The van der Waals surface area contributed by atoms with Crippen LogP contribution in [0.5, 0.6) is 0 Å². The Morgan fingerprint density at radius 2 is 2.33 bits per heavy atom. The number of hydrogen-bond donors (Lipinski definition) is 1. The van der Waals surface area contributed by atoms with Gasteiger partial charge in [0, 0.05) is 32.4 Å². The van der Waals surface area contributed by atoms with Gasteiger partial charge in [0.2, 0.25) is 0 Å². The minimum absolute atomic E-state index is 0.713. The number of hydrogen-bond acceptors (Lipinski definition) is 3.